The van der Waals surface area contributed by atoms with Crippen LogP contribution in [0.1, 0.15) is 5.56 Å². The Morgan fingerprint density at radius 1 is 0.886 bits per heavy atom. The average molecular weight is 489 g/mol. The molecule has 1 aliphatic rings. The average Bonchev–Trinajstić information content (AvgIpc) is 2.90. The molecule has 0 amide bonds. The fourth-order valence-electron chi connectivity index (χ4n) is 3.93. The summed E-state index contributed by atoms with van der Waals surface area (Å²) in [6.07, 6.45) is 1.56. The van der Waals surface area contributed by atoms with Crippen LogP contribution in [0.3, 0.4) is 0 Å². The Bertz CT molecular complexity index is 1270. The molecule has 35 heavy (non-hydrogen) atoms. The van der Waals surface area contributed by atoms with Gasteiger partial charge >= 0.3 is 0 Å². The first-order chi connectivity index (χ1) is 17.2. The highest BCUT2D eigenvalue weighted by molar-refractivity contribution is 7.85. The van der Waals surface area contributed by atoms with E-state index >= 15 is 0 Å². The minimum atomic E-state index is -0.654. The zero-order valence-electron chi connectivity index (χ0n) is 19.4. The molecule has 1 saturated heterocycles. The number of benzene rings is 3. The molecule has 5 rings (SSSR count). The van der Waals surface area contributed by atoms with E-state index in [1.807, 2.05) is 72.8 Å². The fraction of sp³-hybridized carbons (Fsp3) is 0.259. The molecule has 0 saturated carbocycles. The summed E-state index contributed by atoms with van der Waals surface area (Å²) in [4.78, 5) is 11.2. The molecule has 1 N–H and O–H groups in total. The summed E-state index contributed by atoms with van der Waals surface area (Å²) in [6.45, 7) is 3.70. The van der Waals surface area contributed by atoms with Crippen molar-refractivity contribution in [3.05, 3.63) is 84.7 Å². The molecule has 0 atom stereocenters. The van der Waals surface area contributed by atoms with Crippen molar-refractivity contribution in [1.29, 1.82) is 0 Å². The molecule has 180 valence electrons. The van der Waals surface area contributed by atoms with E-state index in [2.05, 4.69) is 20.2 Å². The van der Waals surface area contributed by atoms with Gasteiger partial charge in [-0.15, -0.1) is 0 Å². The molecule has 1 aliphatic heterocycles. The second-order valence-corrected chi connectivity index (χ2v) is 10.1. The molecule has 0 bridgehead atoms. The third-order valence-corrected chi connectivity index (χ3v) is 7.20. The second kappa shape index (κ2) is 11.3. The molecular weight excluding hydrogens is 460 g/mol. The molecule has 4 aromatic rings. The highest BCUT2D eigenvalue weighted by Crippen LogP contribution is 2.27. The lowest BCUT2D eigenvalue weighted by molar-refractivity contribution is 0.221. The van der Waals surface area contributed by atoms with Gasteiger partial charge in [-0.3, -0.25) is 9.11 Å². The first kappa shape index (κ1) is 23.3. The van der Waals surface area contributed by atoms with Crippen molar-refractivity contribution in [1.82, 2.24) is 14.9 Å². The van der Waals surface area contributed by atoms with Crippen molar-refractivity contribution < 1.29 is 13.7 Å². The maximum absolute atomic E-state index is 11.5. The van der Waals surface area contributed by atoms with Crippen molar-refractivity contribution >= 4 is 33.2 Å². The summed E-state index contributed by atoms with van der Waals surface area (Å²) in [5.41, 5.74) is 2.87. The van der Waals surface area contributed by atoms with Crippen molar-refractivity contribution in [2.75, 3.05) is 43.1 Å². The van der Waals surface area contributed by atoms with Crippen LogP contribution in [-0.4, -0.2) is 56.8 Å². The van der Waals surface area contributed by atoms with Gasteiger partial charge in [0, 0.05) is 59.1 Å². The van der Waals surface area contributed by atoms with E-state index in [4.69, 9.17) is 9.47 Å². The van der Waals surface area contributed by atoms with Crippen molar-refractivity contribution in [2.24, 2.45) is 0 Å². The Morgan fingerprint density at radius 3 is 2.46 bits per heavy atom. The zero-order valence-corrected chi connectivity index (χ0v) is 20.2. The first-order valence-electron chi connectivity index (χ1n) is 11.7. The fourth-order valence-corrected chi connectivity index (χ4v) is 5.06. The van der Waals surface area contributed by atoms with Crippen LogP contribution < -0.4 is 14.8 Å². The summed E-state index contributed by atoms with van der Waals surface area (Å²) in [5, 5.41) is 4.30. The molecule has 1 fully saturated rings. The molecule has 0 radical (unpaired) electrons. The van der Waals surface area contributed by atoms with Crippen LogP contribution in [0, 0.1) is 0 Å². The van der Waals surface area contributed by atoms with Crippen molar-refractivity contribution in [3.63, 3.8) is 0 Å². The van der Waals surface area contributed by atoms with Crippen LogP contribution in [0.5, 0.6) is 11.5 Å². The van der Waals surface area contributed by atoms with Gasteiger partial charge in [-0.05, 0) is 42.0 Å². The summed E-state index contributed by atoms with van der Waals surface area (Å²) in [6, 6.07) is 23.8. The topological polar surface area (TPSA) is 76.6 Å². The number of aromatic nitrogens is 2. The summed E-state index contributed by atoms with van der Waals surface area (Å²) in [7, 11) is -0.654. The number of hydrogen-bond acceptors (Lipinski definition) is 7. The Balaban J connectivity index is 1.18. The predicted octanol–water partition coefficient (Wildman–Crippen LogP) is 4.40. The molecule has 2 heterocycles. The Hall–Kier alpha value is -3.49. The predicted molar refractivity (Wildman–Crippen MR) is 140 cm³/mol. The van der Waals surface area contributed by atoms with Gasteiger partial charge in [0.05, 0.1) is 5.52 Å². The van der Waals surface area contributed by atoms with Gasteiger partial charge < -0.3 is 14.8 Å². The van der Waals surface area contributed by atoms with E-state index in [9.17, 15) is 4.21 Å². The van der Waals surface area contributed by atoms with Gasteiger partial charge in [0.2, 0.25) is 0 Å². The van der Waals surface area contributed by atoms with Gasteiger partial charge in [0.15, 0.2) is 0 Å². The third-order valence-electron chi connectivity index (χ3n) is 5.92. The van der Waals surface area contributed by atoms with Crippen molar-refractivity contribution in [2.45, 2.75) is 6.61 Å². The molecular formula is C27H28N4O3S. The van der Waals surface area contributed by atoms with E-state index in [-0.39, 0.29) is 0 Å². The van der Waals surface area contributed by atoms with Crippen LogP contribution in [0.4, 0.5) is 11.5 Å². The van der Waals surface area contributed by atoms with Gasteiger partial charge in [-0.1, -0.05) is 30.3 Å². The Kier molecular flexibility index (Phi) is 7.50. The van der Waals surface area contributed by atoms with Crippen LogP contribution in [0.25, 0.3) is 10.9 Å². The molecule has 0 aliphatic carbocycles. The Morgan fingerprint density at radius 2 is 1.66 bits per heavy atom. The van der Waals surface area contributed by atoms with Crippen LogP contribution in [0.15, 0.2) is 79.1 Å². The number of ether oxygens (including phenoxy) is 2. The van der Waals surface area contributed by atoms with Crippen LogP contribution >= 0.6 is 0 Å². The summed E-state index contributed by atoms with van der Waals surface area (Å²) >= 11 is 0. The number of nitrogens with zero attached hydrogens (tertiary/aromatic N) is 3. The van der Waals surface area contributed by atoms with E-state index in [1.54, 1.807) is 6.33 Å². The maximum Gasteiger partial charge on any atom is 0.141 e. The number of nitrogens with one attached hydrogen (secondary N) is 1. The lowest BCUT2D eigenvalue weighted by atomic mass is 10.2. The third kappa shape index (κ3) is 6.35. The SMILES string of the molecule is O=S1CCN(CCOc2ccc3c(Nc4ccc(OCc5ccccc5)cc4)ncnc3c2)CC1. The second-order valence-electron chi connectivity index (χ2n) is 8.36. The van der Waals surface area contributed by atoms with E-state index in [0.717, 1.165) is 70.6 Å². The van der Waals surface area contributed by atoms with Gasteiger partial charge in [-0.2, -0.15) is 0 Å². The first-order valence-corrected chi connectivity index (χ1v) is 13.2. The lowest BCUT2D eigenvalue weighted by Crippen LogP contribution is -2.39. The standard InChI is InChI=1S/C27H28N4O3S/c32-35-16-13-31(14-17-35)12-15-33-24-10-11-25-26(18-24)28-20-29-27(25)30-22-6-8-23(9-7-22)34-19-21-4-2-1-3-5-21/h1-11,18,20H,12-17,19H2,(H,28,29,30). The minimum Gasteiger partial charge on any atom is -0.492 e. The summed E-state index contributed by atoms with van der Waals surface area (Å²) in [5.74, 6) is 3.84. The minimum absolute atomic E-state index is 0.535. The monoisotopic (exact) mass is 488 g/mol. The number of anilines is 2. The van der Waals surface area contributed by atoms with Crippen LogP contribution in [-0.2, 0) is 17.4 Å². The molecule has 3 aromatic carbocycles. The quantitative estimate of drug-likeness (QED) is 0.374. The molecule has 1 aromatic heterocycles. The number of hydrogen-bond donors (Lipinski definition) is 1. The largest absolute Gasteiger partial charge is 0.492 e. The Labute approximate surface area is 207 Å². The normalized spacial score (nSPS) is 14.6. The molecule has 0 spiro atoms. The van der Waals surface area contributed by atoms with Crippen LogP contribution in [0.2, 0.25) is 0 Å². The lowest BCUT2D eigenvalue weighted by Gasteiger charge is -2.25. The van der Waals surface area contributed by atoms with E-state index in [0.29, 0.717) is 13.2 Å². The van der Waals surface area contributed by atoms with Crippen molar-refractivity contribution in [3.8, 4) is 11.5 Å². The number of rotatable bonds is 9. The number of fused-ring (bicyclic) bond motifs is 1. The molecule has 8 heteroatoms. The molecule has 0 unspecified atom stereocenters. The maximum atomic E-state index is 11.5. The van der Waals surface area contributed by atoms with E-state index < -0.39 is 10.8 Å². The summed E-state index contributed by atoms with van der Waals surface area (Å²) < 4.78 is 23.3. The highest BCUT2D eigenvalue weighted by Gasteiger charge is 2.14. The smallest absolute Gasteiger partial charge is 0.141 e. The zero-order chi connectivity index (χ0) is 23.9. The van der Waals surface area contributed by atoms with E-state index in [1.165, 1.54) is 0 Å². The molecule has 7 nitrogen and oxygen atoms in total. The highest BCUT2D eigenvalue weighted by atomic mass is 32.2. The van der Waals surface area contributed by atoms with Gasteiger partial charge in [0.1, 0.15) is 36.9 Å². The van der Waals surface area contributed by atoms with Gasteiger partial charge in [-0.25, -0.2) is 9.97 Å². The van der Waals surface area contributed by atoms with Gasteiger partial charge in [0.25, 0.3) is 0 Å².